The van der Waals surface area contributed by atoms with Crippen LogP contribution in [-0.2, 0) is 5.41 Å². The first-order valence-corrected chi connectivity index (χ1v) is 11.5. The Morgan fingerprint density at radius 1 is 0.903 bits per heavy atom. The second kappa shape index (κ2) is 9.09. The molecule has 1 saturated carbocycles. The van der Waals surface area contributed by atoms with Crippen LogP contribution in [0, 0.1) is 12.8 Å². The Morgan fingerprint density at radius 2 is 1.48 bits per heavy atom. The zero-order valence-corrected chi connectivity index (χ0v) is 18.9. The van der Waals surface area contributed by atoms with Crippen molar-refractivity contribution >= 4 is 6.21 Å². The first kappa shape index (κ1) is 21.4. The molecular formula is C29H33NO. The number of nitrogens with zero attached hydrogens (tertiary/aromatic N) is 1. The van der Waals surface area contributed by atoms with Crippen molar-refractivity contribution in [2.45, 2.75) is 57.9 Å². The molecule has 1 aliphatic carbocycles. The second-order valence-corrected chi connectivity index (χ2v) is 9.21. The molecule has 4 rings (SSSR count). The van der Waals surface area contributed by atoms with Gasteiger partial charge < -0.3 is 5.11 Å². The van der Waals surface area contributed by atoms with Crippen molar-refractivity contribution in [3.8, 4) is 5.75 Å². The van der Waals surface area contributed by atoms with E-state index in [4.69, 9.17) is 4.99 Å². The van der Waals surface area contributed by atoms with Crippen molar-refractivity contribution in [1.82, 2.24) is 0 Å². The number of aromatic hydroxyl groups is 1. The van der Waals surface area contributed by atoms with E-state index in [0.717, 1.165) is 34.2 Å². The Kier molecular flexibility index (Phi) is 6.27. The highest BCUT2D eigenvalue weighted by Gasteiger charge is 2.34. The summed E-state index contributed by atoms with van der Waals surface area (Å²) in [6.45, 7) is 6.60. The van der Waals surface area contributed by atoms with Crippen LogP contribution in [0.2, 0.25) is 0 Å². The number of phenols is 1. The molecule has 0 heterocycles. The van der Waals surface area contributed by atoms with Crippen molar-refractivity contribution in [3.63, 3.8) is 0 Å². The van der Waals surface area contributed by atoms with Crippen LogP contribution < -0.4 is 0 Å². The molecule has 3 aromatic rings. The van der Waals surface area contributed by atoms with Crippen LogP contribution in [0.3, 0.4) is 0 Å². The average molecular weight is 412 g/mol. The normalized spacial score (nSPS) is 19.6. The van der Waals surface area contributed by atoms with Crippen LogP contribution in [0.1, 0.15) is 67.3 Å². The summed E-state index contributed by atoms with van der Waals surface area (Å²) in [5.74, 6) is 0.934. The van der Waals surface area contributed by atoms with Crippen LogP contribution in [0.4, 0.5) is 0 Å². The summed E-state index contributed by atoms with van der Waals surface area (Å²) < 4.78 is 0. The van der Waals surface area contributed by atoms with Gasteiger partial charge in [-0.25, -0.2) is 0 Å². The first-order valence-electron chi connectivity index (χ1n) is 11.5. The molecule has 0 radical (unpaired) electrons. The number of benzene rings is 3. The van der Waals surface area contributed by atoms with E-state index in [1.165, 1.54) is 19.3 Å². The summed E-state index contributed by atoms with van der Waals surface area (Å²) in [5, 5.41) is 11.5. The molecule has 0 amide bonds. The van der Waals surface area contributed by atoms with Crippen molar-refractivity contribution in [2.75, 3.05) is 0 Å². The molecule has 1 N–H and O–H groups in total. The highest BCUT2D eigenvalue weighted by Crippen LogP contribution is 2.44. The molecule has 160 valence electrons. The maximum Gasteiger partial charge on any atom is 0.128 e. The van der Waals surface area contributed by atoms with Crippen LogP contribution >= 0.6 is 0 Å². The number of aliphatic imine (C=N–C) groups is 1. The van der Waals surface area contributed by atoms with E-state index in [0.29, 0.717) is 17.7 Å². The Labute approximate surface area is 186 Å². The molecule has 1 aliphatic rings. The van der Waals surface area contributed by atoms with Gasteiger partial charge >= 0.3 is 0 Å². The molecule has 3 aromatic carbocycles. The van der Waals surface area contributed by atoms with E-state index in [1.807, 2.05) is 24.4 Å². The minimum atomic E-state index is -0.473. The maximum atomic E-state index is 11.5. The summed E-state index contributed by atoms with van der Waals surface area (Å²) in [6.07, 6.45) is 6.85. The summed E-state index contributed by atoms with van der Waals surface area (Å²) in [5.41, 5.74) is 4.70. The van der Waals surface area contributed by atoms with Gasteiger partial charge in [0.1, 0.15) is 5.75 Å². The zero-order valence-electron chi connectivity index (χ0n) is 18.9. The van der Waals surface area contributed by atoms with E-state index in [-0.39, 0.29) is 0 Å². The highest BCUT2D eigenvalue weighted by atomic mass is 16.3. The second-order valence-electron chi connectivity index (χ2n) is 9.21. The molecule has 0 spiro atoms. The van der Waals surface area contributed by atoms with Gasteiger partial charge in [0.25, 0.3) is 0 Å². The number of aryl methyl sites for hydroxylation is 1. The van der Waals surface area contributed by atoms with Gasteiger partial charge in [0.2, 0.25) is 0 Å². The largest absolute Gasteiger partial charge is 0.507 e. The molecule has 2 atom stereocenters. The van der Waals surface area contributed by atoms with E-state index < -0.39 is 5.41 Å². The van der Waals surface area contributed by atoms with Crippen LogP contribution in [0.5, 0.6) is 5.75 Å². The molecule has 0 bridgehead atoms. The molecule has 2 unspecified atom stereocenters. The van der Waals surface area contributed by atoms with Gasteiger partial charge in [-0.05, 0) is 55.4 Å². The number of rotatable bonds is 5. The zero-order chi connectivity index (χ0) is 21.8. The number of hydrogen-bond donors (Lipinski definition) is 1. The third-order valence-corrected chi connectivity index (χ3v) is 7.00. The van der Waals surface area contributed by atoms with E-state index in [9.17, 15) is 5.11 Å². The predicted molar refractivity (Wildman–Crippen MR) is 130 cm³/mol. The lowest BCUT2D eigenvalue weighted by atomic mass is 9.70. The van der Waals surface area contributed by atoms with E-state index in [1.54, 1.807) is 0 Å². The minimum absolute atomic E-state index is 0.327. The first-order chi connectivity index (χ1) is 15.0. The third-order valence-electron chi connectivity index (χ3n) is 7.00. The van der Waals surface area contributed by atoms with Gasteiger partial charge in [0.05, 0.1) is 6.04 Å². The fourth-order valence-electron chi connectivity index (χ4n) is 5.00. The average Bonchev–Trinajstić information content (AvgIpc) is 2.81. The third kappa shape index (κ3) is 4.30. The Hall–Kier alpha value is -2.87. The Balaban J connectivity index is 1.83. The molecule has 2 nitrogen and oxygen atoms in total. The Morgan fingerprint density at radius 3 is 2.06 bits per heavy atom. The van der Waals surface area contributed by atoms with Crippen molar-refractivity contribution in [2.24, 2.45) is 10.9 Å². The monoisotopic (exact) mass is 411 g/mol. The maximum absolute atomic E-state index is 11.5. The van der Waals surface area contributed by atoms with Gasteiger partial charge in [0.15, 0.2) is 0 Å². The topological polar surface area (TPSA) is 32.6 Å². The predicted octanol–water partition coefficient (Wildman–Crippen LogP) is 7.05. The summed E-state index contributed by atoms with van der Waals surface area (Å²) in [4.78, 5) is 4.92. The van der Waals surface area contributed by atoms with E-state index in [2.05, 4.69) is 75.4 Å². The molecule has 0 aliphatic heterocycles. The molecular weight excluding hydrogens is 378 g/mol. The summed E-state index contributed by atoms with van der Waals surface area (Å²) >= 11 is 0. The van der Waals surface area contributed by atoms with Crippen molar-refractivity contribution < 1.29 is 5.11 Å². The van der Waals surface area contributed by atoms with Gasteiger partial charge in [0, 0.05) is 22.8 Å². The van der Waals surface area contributed by atoms with Crippen LogP contribution in [0.25, 0.3) is 0 Å². The van der Waals surface area contributed by atoms with E-state index >= 15 is 0 Å². The lowest BCUT2D eigenvalue weighted by molar-refractivity contribution is 0.333. The van der Waals surface area contributed by atoms with Crippen LogP contribution in [-0.4, -0.2) is 17.4 Å². The molecule has 0 saturated heterocycles. The molecule has 31 heavy (non-hydrogen) atoms. The molecule has 1 fully saturated rings. The fraction of sp³-hybridized carbons (Fsp3) is 0.345. The Bertz CT molecular complexity index is 1000. The lowest BCUT2D eigenvalue weighted by Gasteiger charge is -2.33. The quantitative estimate of drug-likeness (QED) is 0.354. The van der Waals surface area contributed by atoms with Crippen LogP contribution in [0.15, 0.2) is 77.8 Å². The smallest absolute Gasteiger partial charge is 0.128 e. The minimum Gasteiger partial charge on any atom is -0.507 e. The lowest BCUT2D eigenvalue weighted by Crippen LogP contribution is -2.26. The van der Waals surface area contributed by atoms with Gasteiger partial charge in [-0.15, -0.1) is 0 Å². The highest BCUT2D eigenvalue weighted by molar-refractivity contribution is 5.85. The van der Waals surface area contributed by atoms with Crippen molar-refractivity contribution in [3.05, 3.63) is 101 Å². The standard InChI is InChI=1S/C29H33NO/c1-21-18-23(20-30-27-17-11-10-12-22(27)2)28(31)26(19-21)29(3,24-13-6-4-7-14-24)25-15-8-5-9-16-25/h4-9,13-16,18-20,22,27,31H,10-12,17H2,1-3H3. The summed E-state index contributed by atoms with van der Waals surface area (Å²) in [6, 6.07) is 25.4. The van der Waals surface area contributed by atoms with Gasteiger partial charge in [-0.1, -0.05) is 86.5 Å². The van der Waals surface area contributed by atoms with Gasteiger partial charge in [-0.3, -0.25) is 4.99 Å². The number of phenolic OH excluding ortho intramolecular Hbond substituents is 1. The number of hydrogen-bond acceptors (Lipinski definition) is 2. The van der Waals surface area contributed by atoms with Gasteiger partial charge in [-0.2, -0.15) is 0 Å². The van der Waals surface area contributed by atoms with Crippen molar-refractivity contribution in [1.29, 1.82) is 0 Å². The fourth-order valence-corrected chi connectivity index (χ4v) is 5.00. The summed E-state index contributed by atoms with van der Waals surface area (Å²) in [7, 11) is 0. The molecule has 0 aromatic heterocycles. The SMILES string of the molecule is Cc1cc(C=NC2CCCCC2C)c(O)c(C(C)(c2ccccc2)c2ccccc2)c1. The molecule has 2 heteroatoms.